The van der Waals surface area contributed by atoms with Crippen molar-refractivity contribution in [1.29, 1.82) is 0 Å². The third-order valence-corrected chi connectivity index (χ3v) is 3.40. The van der Waals surface area contributed by atoms with Crippen LogP contribution in [0.2, 0.25) is 0 Å². The van der Waals surface area contributed by atoms with Crippen molar-refractivity contribution < 1.29 is 14.6 Å². The topological polar surface area (TPSA) is 38.7 Å². The molecule has 1 aromatic carbocycles. The predicted octanol–water partition coefficient (Wildman–Crippen LogP) is 2.90. The van der Waals surface area contributed by atoms with Crippen molar-refractivity contribution in [3.63, 3.8) is 0 Å². The number of aliphatic hydroxyl groups is 1. The molecule has 1 aromatic rings. The lowest BCUT2D eigenvalue weighted by molar-refractivity contribution is -0.0847. The monoisotopic (exact) mass is 250 g/mol. The summed E-state index contributed by atoms with van der Waals surface area (Å²) in [6.45, 7) is 8.25. The van der Waals surface area contributed by atoms with E-state index in [0.717, 1.165) is 17.7 Å². The highest BCUT2D eigenvalue weighted by molar-refractivity contribution is 5.33. The molecule has 1 aliphatic heterocycles. The fourth-order valence-electron chi connectivity index (χ4n) is 2.60. The summed E-state index contributed by atoms with van der Waals surface area (Å²) >= 11 is 0. The van der Waals surface area contributed by atoms with Crippen LogP contribution in [0.25, 0.3) is 0 Å². The number of hydrogen-bond donors (Lipinski definition) is 1. The molecule has 0 aliphatic carbocycles. The molecule has 1 saturated heterocycles. The fourth-order valence-corrected chi connectivity index (χ4v) is 2.60. The van der Waals surface area contributed by atoms with Gasteiger partial charge in [0.05, 0.1) is 12.2 Å². The van der Waals surface area contributed by atoms with E-state index < -0.39 is 0 Å². The second-order valence-electron chi connectivity index (χ2n) is 6.04. The first-order valence-electron chi connectivity index (χ1n) is 6.40. The van der Waals surface area contributed by atoms with Crippen molar-refractivity contribution in [3.8, 4) is 5.75 Å². The number of para-hydroxylation sites is 1. The van der Waals surface area contributed by atoms with Gasteiger partial charge < -0.3 is 14.6 Å². The van der Waals surface area contributed by atoms with E-state index in [1.54, 1.807) is 0 Å². The number of ether oxygens (including phenoxy) is 2. The van der Waals surface area contributed by atoms with Crippen LogP contribution in [0.5, 0.6) is 5.75 Å². The van der Waals surface area contributed by atoms with Crippen LogP contribution in [-0.2, 0) is 11.3 Å². The van der Waals surface area contributed by atoms with Crippen molar-refractivity contribution >= 4 is 0 Å². The fraction of sp³-hybridized carbons (Fsp3) is 0.600. The van der Waals surface area contributed by atoms with E-state index in [2.05, 4.69) is 13.8 Å². The quantitative estimate of drug-likeness (QED) is 0.896. The highest BCUT2D eigenvalue weighted by Gasteiger charge is 2.47. The predicted molar refractivity (Wildman–Crippen MR) is 70.6 cm³/mol. The van der Waals surface area contributed by atoms with Crippen LogP contribution >= 0.6 is 0 Å². The largest absolute Gasteiger partial charge is 0.487 e. The van der Waals surface area contributed by atoms with Gasteiger partial charge in [-0.2, -0.15) is 0 Å². The Morgan fingerprint density at radius 3 is 2.50 bits per heavy atom. The van der Waals surface area contributed by atoms with Crippen molar-refractivity contribution in [2.45, 2.75) is 58.0 Å². The van der Waals surface area contributed by atoms with E-state index in [-0.39, 0.29) is 23.9 Å². The SMILES string of the molecule is CC1(C)CC(Oc2ccccc2CO)C(C)(C)O1. The summed E-state index contributed by atoms with van der Waals surface area (Å²) in [6, 6.07) is 7.59. The van der Waals surface area contributed by atoms with Gasteiger partial charge in [0.1, 0.15) is 17.5 Å². The van der Waals surface area contributed by atoms with Gasteiger partial charge >= 0.3 is 0 Å². The first-order valence-corrected chi connectivity index (χ1v) is 6.40. The Kier molecular flexibility index (Phi) is 3.39. The lowest BCUT2D eigenvalue weighted by Gasteiger charge is -2.28. The Balaban J connectivity index is 2.19. The summed E-state index contributed by atoms with van der Waals surface area (Å²) < 4.78 is 12.1. The van der Waals surface area contributed by atoms with Gasteiger partial charge in [0, 0.05) is 12.0 Å². The van der Waals surface area contributed by atoms with Gasteiger partial charge in [-0.25, -0.2) is 0 Å². The van der Waals surface area contributed by atoms with E-state index in [1.165, 1.54) is 0 Å². The summed E-state index contributed by atoms with van der Waals surface area (Å²) in [7, 11) is 0. The van der Waals surface area contributed by atoms with Gasteiger partial charge in [-0.15, -0.1) is 0 Å². The number of rotatable bonds is 3. The van der Waals surface area contributed by atoms with Gasteiger partial charge in [0.25, 0.3) is 0 Å². The van der Waals surface area contributed by atoms with E-state index in [9.17, 15) is 5.11 Å². The molecule has 3 nitrogen and oxygen atoms in total. The average Bonchev–Trinajstić information content (AvgIpc) is 2.47. The van der Waals surface area contributed by atoms with Crippen LogP contribution in [0.4, 0.5) is 0 Å². The molecule has 1 aliphatic rings. The molecule has 0 bridgehead atoms. The van der Waals surface area contributed by atoms with Crippen LogP contribution in [0.15, 0.2) is 24.3 Å². The highest BCUT2D eigenvalue weighted by atomic mass is 16.6. The third-order valence-electron chi connectivity index (χ3n) is 3.40. The van der Waals surface area contributed by atoms with Crippen LogP contribution < -0.4 is 4.74 Å². The Morgan fingerprint density at radius 1 is 1.28 bits per heavy atom. The Bertz CT molecular complexity index is 424. The summed E-state index contributed by atoms with van der Waals surface area (Å²) in [6.07, 6.45) is 0.847. The van der Waals surface area contributed by atoms with Gasteiger partial charge in [-0.05, 0) is 33.8 Å². The van der Waals surface area contributed by atoms with E-state index in [4.69, 9.17) is 9.47 Å². The number of aliphatic hydroxyl groups excluding tert-OH is 1. The molecule has 1 unspecified atom stereocenters. The Labute approximate surface area is 109 Å². The van der Waals surface area contributed by atoms with E-state index >= 15 is 0 Å². The lowest BCUT2D eigenvalue weighted by Crippen LogP contribution is -2.36. The maximum Gasteiger partial charge on any atom is 0.130 e. The van der Waals surface area contributed by atoms with Crippen molar-refractivity contribution in [2.75, 3.05) is 0 Å². The molecule has 1 fully saturated rings. The third kappa shape index (κ3) is 2.68. The lowest BCUT2D eigenvalue weighted by atomic mass is 9.97. The molecule has 0 radical (unpaired) electrons. The number of hydrogen-bond acceptors (Lipinski definition) is 3. The minimum atomic E-state index is -0.313. The smallest absolute Gasteiger partial charge is 0.130 e. The summed E-state index contributed by atoms with van der Waals surface area (Å²) in [5, 5.41) is 9.31. The maximum absolute atomic E-state index is 9.31. The van der Waals surface area contributed by atoms with Crippen LogP contribution in [0.3, 0.4) is 0 Å². The molecule has 0 spiro atoms. The van der Waals surface area contributed by atoms with Crippen molar-refractivity contribution in [2.24, 2.45) is 0 Å². The van der Waals surface area contributed by atoms with Gasteiger partial charge in [-0.1, -0.05) is 18.2 Å². The van der Waals surface area contributed by atoms with Crippen LogP contribution in [0.1, 0.15) is 39.7 Å². The molecule has 1 N–H and O–H groups in total. The summed E-state index contributed by atoms with van der Waals surface area (Å²) in [5.74, 6) is 0.749. The van der Waals surface area contributed by atoms with Crippen molar-refractivity contribution in [1.82, 2.24) is 0 Å². The second-order valence-corrected chi connectivity index (χ2v) is 6.04. The van der Waals surface area contributed by atoms with Crippen molar-refractivity contribution in [3.05, 3.63) is 29.8 Å². The summed E-state index contributed by atoms with van der Waals surface area (Å²) in [4.78, 5) is 0. The molecular weight excluding hydrogens is 228 g/mol. The first kappa shape index (κ1) is 13.4. The molecule has 0 aromatic heterocycles. The zero-order valence-corrected chi connectivity index (χ0v) is 11.6. The molecular formula is C15H22O3. The number of benzene rings is 1. The highest BCUT2D eigenvalue weighted by Crippen LogP contribution is 2.39. The van der Waals surface area contributed by atoms with Gasteiger partial charge in [0.2, 0.25) is 0 Å². The molecule has 0 saturated carbocycles. The molecule has 3 heteroatoms. The standard InChI is InChI=1S/C15H22O3/c1-14(2)9-13(15(3,4)18-14)17-12-8-6-5-7-11(12)10-16/h5-8,13,16H,9-10H2,1-4H3. The van der Waals surface area contributed by atoms with Gasteiger partial charge in [-0.3, -0.25) is 0 Å². The zero-order valence-electron chi connectivity index (χ0n) is 11.6. The molecule has 0 amide bonds. The average molecular weight is 250 g/mol. The first-order chi connectivity index (χ1) is 8.34. The minimum Gasteiger partial charge on any atom is -0.487 e. The van der Waals surface area contributed by atoms with Crippen LogP contribution in [-0.4, -0.2) is 22.4 Å². The zero-order chi connectivity index (χ0) is 13.4. The molecule has 18 heavy (non-hydrogen) atoms. The second kappa shape index (κ2) is 4.56. The van der Waals surface area contributed by atoms with Crippen LogP contribution in [0, 0.1) is 0 Å². The summed E-state index contributed by atoms with van der Waals surface area (Å²) in [5.41, 5.74) is 0.340. The normalized spacial score (nSPS) is 25.1. The molecule has 1 heterocycles. The molecule has 2 rings (SSSR count). The minimum absolute atomic E-state index is 0.000185. The molecule has 100 valence electrons. The maximum atomic E-state index is 9.31. The Hall–Kier alpha value is -1.06. The molecule has 1 atom stereocenters. The van der Waals surface area contributed by atoms with E-state index in [1.807, 2.05) is 38.1 Å². The van der Waals surface area contributed by atoms with E-state index in [0.29, 0.717) is 0 Å². The Morgan fingerprint density at radius 2 is 1.94 bits per heavy atom. The van der Waals surface area contributed by atoms with Gasteiger partial charge in [0.15, 0.2) is 0 Å².